The minimum Gasteiger partial charge on any atom is -0.457 e. The average molecular weight is 665 g/mol. The van der Waals surface area contributed by atoms with Gasteiger partial charge < -0.3 is 9.47 Å². The predicted molar refractivity (Wildman–Crippen MR) is 130 cm³/mol. The van der Waals surface area contributed by atoms with Crippen LogP contribution in [0.25, 0.3) is 0 Å². The van der Waals surface area contributed by atoms with Crippen LogP contribution < -0.4 is 4.74 Å². The van der Waals surface area contributed by atoms with E-state index in [2.05, 4.69) is 69.8 Å². The normalized spacial score (nSPS) is 21.8. The summed E-state index contributed by atoms with van der Waals surface area (Å²) in [6, 6.07) is 18.5. The molecule has 1 saturated carbocycles. The highest BCUT2D eigenvalue weighted by atomic mass is 80.0. The molecule has 0 aliphatic heterocycles. The third-order valence-electron chi connectivity index (χ3n) is 5.28. The number of esters is 1. The monoisotopic (exact) mass is 661 g/mol. The molecule has 0 bridgehead atoms. The summed E-state index contributed by atoms with van der Waals surface area (Å²) >= 11 is 14.2. The first-order valence-corrected chi connectivity index (χ1v) is 12.5. The highest BCUT2D eigenvalue weighted by Gasteiger charge is 2.67. The third kappa shape index (κ3) is 5.29. The van der Waals surface area contributed by atoms with Crippen LogP contribution in [0.1, 0.15) is 25.5 Å². The van der Waals surface area contributed by atoms with E-state index in [4.69, 9.17) is 9.47 Å². The number of carbonyl (C=O) groups is 1. The average Bonchev–Trinajstić information content (AvgIpc) is 3.27. The van der Waals surface area contributed by atoms with Crippen LogP contribution in [0.5, 0.6) is 11.5 Å². The van der Waals surface area contributed by atoms with Crippen molar-refractivity contribution in [2.75, 3.05) is 0 Å². The molecule has 3 rings (SSSR count). The summed E-state index contributed by atoms with van der Waals surface area (Å²) in [5.74, 6) is 0.576. The molecule has 0 saturated heterocycles. The first-order chi connectivity index (χ1) is 14.1. The van der Waals surface area contributed by atoms with Crippen molar-refractivity contribution < 1.29 is 14.3 Å². The van der Waals surface area contributed by atoms with Gasteiger partial charge in [-0.2, -0.15) is 5.26 Å². The second-order valence-electron chi connectivity index (χ2n) is 7.70. The number of ether oxygens (including phenoxy) is 2. The molecular formula is C22H19Br4NO3. The Hall–Kier alpha value is -0.880. The quantitative estimate of drug-likeness (QED) is 0.238. The number of nitrogens with zero attached hydrogens (tertiary/aromatic N) is 1. The molecule has 1 fully saturated rings. The van der Waals surface area contributed by atoms with Crippen molar-refractivity contribution in [1.29, 1.82) is 5.26 Å². The molecule has 0 heterocycles. The van der Waals surface area contributed by atoms with Crippen LogP contribution in [-0.4, -0.2) is 12.9 Å². The maximum absolute atomic E-state index is 12.9. The van der Waals surface area contributed by atoms with Crippen molar-refractivity contribution in [1.82, 2.24) is 0 Å². The lowest BCUT2D eigenvalue weighted by Crippen LogP contribution is -2.23. The van der Waals surface area contributed by atoms with Crippen LogP contribution in [0.15, 0.2) is 54.6 Å². The zero-order valence-electron chi connectivity index (χ0n) is 16.2. The van der Waals surface area contributed by atoms with Gasteiger partial charge in [-0.25, -0.2) is 0 Å². The number of benzene rings is 2. The molecular weight excluding hydrogens is 646 g/mol. The van der Waals surface area contributed by atoms with Crippen LogP contribution in [-0.2, 0) is 9.53 Å². The minimum absolute atomic E-state index is 0.0233. The molecule has 0 amide bonds. The molecule has 158 valence electrons. The Labute approximate surface area is 209 Å². The Kier molecular flexibility index (Phi) is 7.38. The molecule has 2 aromatic rings. The molecule has 1 aliphatic carbocycles. The Balaban J connectivity index is 1.72. The first-order valence-electron chi connectivity index (χ1n) is 9.19. The van der Waals surface area contributed by atoms with Gasteiger partial charge in [-0.05, 0) is 35.6 Å². The van der Waals surface area contributed by atoms with Gasteiger partial charge >= 0.3 is 5.97 Å². The van der Waals surface area contributed by atoms with Gasteiger partial charge in [0.05, 0.1) is 10.7 Å². The lowest BCUT2D eigenvalue weighted by molar-refractivity contribution is -0.149. The molecule has 0 radical (unpaired) electrons. The summed E-state index contributed by atoms with van der Waals surface area (Å²) < 4.78 is 10.9. The lowest BCUT2D eigenvalue weighted by Gasteiger charge is -2.21. The zero-order chi connectivity index (χ0) is 22.1. The van der Waals surface area contributed by atoms with E-state index in [1.165, 1.54) is 0 Å². The third-order valence-corrected chi connectivity index (χ3v) is 9.86. The molecule has 0 unspecified atom stereocenters. The second kappa shape index (κ2) is 9.32. The largest absolute Gasteiger partial charge is 0.457 e. The van der Waals surface area contributed by atoms with E-state index >= 15 is 0 Å². The van der Waals surface area contributed by atoms with E-state index < -0.39 is 8.25 Å². The molecule has 0 N–H and O–H groups in total. The molecule has 0 spiro atoms. The fraction of sp³-hybridized carbons (Fsp3) is 0.364. The van der Waals surface area contributed by atoms with Gasteiger partial charge in [0.1, 0.15) is 19.7 Å². The van der Waals surface area contributed by atoms with E-state index in [1.54, 1.807) is 24.3 Å². The van der Waals surface area contributed by atoms with E-state index in [1.807, 2.05) is 44.2 Å². The first kappa shape index (κ1) is 23.8. The molecule has 4 nitrogen and oxygen atoms in total. The SMILES string of the molecule is CC1(C)[C@@H]([C@H](Br)C(Br)(Br)Br)[C@H]1C(=O)O[C@H](C#N)c1cccc(Oc2ccccc2)c1. The van der Waals surface area contributed by atoms with E-state index in [9.17, 15) is 10.1 Å². The number of halogens is 4. The molecule has 4 atom stereocenters. The van der Waals surface area contributed by atoms with Crippen molar-refractivity contribution in [2.24, 2.45) is 17.3 Å². The Morgan fingerprint density at radius 3 is 2.33 bits per heavy atom. The summed E-state index contributed by atoms with van der Waals surface area (Å²) in [7, 11) is 0. The Morgan fingerprint density at radius 2 is 1.73 bits per heavy atom. The van der Waals surface area contributed by atoms with E-state index in [0.717, 1.165) is 0 Å². The molecule has 0 aromatic heterocycles. The summed E-state index contributed by atoms with van der Waals surface area (Å²) in [5.41, 5.74) is 0.310. The topological polar surface area (TPSA) is 59.3 Å². The van der Waals surface area contributed by atoms with E-state index in [0.29, 0.717) is 17.1 Å². The number of hydrogen-bond donors (Lipinski definition) is 0. The molecule has 2 aromatic carbocycles. The van der Waals surface area contributed by atoms with Crippen molar-refractivity contribution in [3.05, 3.63) is 60.2 Å². The van der Waals surface area contributed by atoms with Crippen molar-refractivity contribution in [3.63, 3.8) is 0 Å². The summed E-state index contributed by atoms with van der Waals surface area (Å²) in [6.07, 6.45) is -1.01. The number of carbonyl (C=O) groups excluding carboxylic acids is 1. The van der Waals surface area contributed by atoms with Gasteiger partial charge in [0.15, 0.2) is 0 Å². The lowest BCUT2D eigenvalue weighted by atomic mass is 10.1. The highest BCUT2D eigenvalue weighted by molar-refractivity contribution is 9.40. The smallest absolute Gasteiger partial charge is 0.311 e. The van der Waals surface area contributed by atoms with Crippen LogP contribution in [0.3, 0.4) is 0 Å². The van der Waals surface area contributed by atoms with Crippen molar-refractivity contribution in [3.8, 4) is 17.6 Å². The number of nitriles is 1. The fourth-order valence-electron chi connectivity index (χ4n) is 3.60. The Morgan fingerprint density at radius 1 is 1.10 bits per heavy atom. The van der Waals surface area contributed by atoms with Gasteiger partial charge in [0.2, 0.25) is 6.10 Å². The van der Waals surface area contributed by atoms with Crippen LogP contribution in [0, 0.1) is 28.6 Å². The Bertz CT molecular complexity index is 953. The van der Waals surface area contributed by atoms with Gasteiger partial charge in [-0.1, -0.05) is 108 Å². The van der Waals surface area contributed by atoms with Gasteiger partial charge in [0.25, 0.3) is 0 Å². The fourth-order valence-corrected chi connectivity index (χ4v) is 5.44. The standard InChI is InChI=1S/C22H19Br4NO3/c1-21(2)17(19(23)22(24,25)26)18(21)20(28)30-16(12-27)13-7-6-10-15(11-13)29-14-8-4-3-5-9-14/h3-11,16-19H,1-2H3/t16-,17-,18+,19+/m1/s1. The number of hydrogen-bond acceptors (Lipinski definition) is 4. The van der Waals surface area contributed by atoms with Crippen LogP contribution in [0.2, 0.25) is 0 Å². The van der Waals surface area contributed by atoms with Gasteiger partial charge in [-0.3, -0.25) is 4.79 Å². The van der Waals surface area contributed by atoms with Crippen molar-refractivity contribution >= 4 is 69.7 Å². The molecule has 1 aliphatic rings. The summed E-state index contributed by atoms with van der Waals surface area (Å²) in [5, 5.41) is 9.65. The highest BCUT2D eigenvalue weighted by Crippen LogP contribution is 2.66. The minimum atomic E-state index is -1.01. The number of alkyl halides is 4. The maximum Gasteiger partial charge on any atom is 0.311 e. The van der Waals surface area contributed by atoms with Crippen molar-refractivity contribution in [2.45, 2.75) is 26.9 Å². The zero-order valence-corrected chi connectivity index (χ0v) is 22.5. The van der Waals surface area contributed by atoms with E-state index in [-0.39, 0.29) is 28.0 Å². The molecule has 30 heavy (non-hydrogen) atoms. The van der Waals surface area contributed by atoms with Gasteiger partial charge in [-0.15, -0.1) is 0 Å². The summed E-state index contributed by atoms with van der Waals surface area (Å²) in [6.45, 7) is 4.04. The number of rotatable bonds is 6. The number of para-hydroxylation sites is 1. The predicted octanol–water partition coefficient (Wildman–Crippen LogP) is 7.46. The summed E-state index contributed by atoms with van der Waals surface area (Å²) in [4.78, 5) is 12.8. The molecule has 8 heteroatoms. The van der Waals surface area contributed by atoms with Gasteiger partial charge in [0, 0.05) is 5.56 Å². The van der Waals surface area contributed by atoms with Crippen LogP contribution in [0.4, 0.5) is 0 Å². The second-order valence-corrected chi connectivity index (χ2v) is 15.6. The van der Waals surface area contributed by atoms with Crippen LogP contribution >= 0.6 is 63.7 Å². The maximum atomic E-state index is 12.9.